The van der Waals surface area contributed by atoms with Crippen LogP contribution in [0.5, 0.6) is 0 Å². The van der Waals surface area contributed by atoms with Gasteiger partial charge in [0.2, 0.25) is 0 Å². The second-order valence-electron chi connectivity index (χ2n) is 3.58. The zero-order valence-electron chi connectivity index (χ0n) is 9.07. The van der Waals surface area contributed by atoms with E-state index in [1.165, 1.54) is 16.8 Å². The maximum atomic E-state index is 5.65. The van der Waals surface area contributed by atoms with Gasteiger partial charge in [0.05, 0.1) is 6.20 Å². The van der Waals surface area contributed by atoms with Gasteiger partial charge in [0, 0.05) is 23.5 Å². The number of anilines is 1. The van der Waals surface area contributed by atoms with Crippen LogP contribution in [0, 0.1) is 6.92 Å². The zero-order valence-corrected chi connectivity index (χ0v) is 9.07. The van der Waals surface area contributed by atoms with E-state index in [2.05, 4.69) is 18.9 Å². The normalized spacial score (nSPS) is 10.5. The minimum absolute atomic E-state index is 0.791. The third-order valence-corrected chi connectivity index (χ3v) is 2.62. The summed E-state index contributed by atoms with van der Waals surface area (Å²) in [6.45, 7) is 5.08. The number of hydrogen-bond donors (Lipinski definition) is 1. The molecule has 78 valence electrons. The van der Waals surface area contributed by atoms with Crippen molar-refractivity contribution in [2.45, 2.75) is 20.4 Å². The fourth-order valence-corrected chi connectivity index (χ4v) is 1.71. The molecule has 0 amide bonds. The highest BCUT2D eigenvalue weighted by Gasteiger charge is 2.06. The fraction of sp³-hybridized carbons (Fsp3) is 0.250. The van der Waals surface area contributed by atoms with Crippen LogP contribution in [-0.4, -0.2) is 9.78 Å². The molecule has 0 saturated heterocycles. The summed E-state index contributed by atoms with van der Waals surface area (Å²) < 4.78 is 1.99. The lowest BCUT2D eigenvalue weighted by Crippen LogP contribution is -1.98. The van der Waals surface area contributed by atoms with Crippen LogP contribution in [0.15, 0.2) is 30.5 Å². The first-order chi connectivity index (χ1) is 7.22. The average molecular weight is 201 g/mol. The van der Waals surface area contributed by atoms with Crippen molar-refractivity contribution in [2.75, 3.05) is 5.73 Å². The van der Waals surface area contributed by atoms with Crippen molar-refractivity contribution in [1.82, 2.24) is 9.78 Å². The summed E-state index contributed by atoms with van der Waals surface area (Å²) in [5, 5.41) is 4.32. The first kappa shape index (κ1) is 9.77. The van der Waals surface area contributed by atoms with Crippen molar-refractivity contribution in [1.29, 1.82) is 0 Å². The Morgan fingerprint density at radius 2 is 1.93 bits per heavy atom. The summed E-state index contributed by atoms with van der Waals surface area (Å²) in [6.07, 6.45) is 1.91. The van der Waals surface area contributed by atoms with E-state index in [0.29, 0.717) is 0 Å². The smallest absolute Gasteiger partial charge is 0.0571 e. The van der Waals surface area contributed by atoms with Gasteiger partial charge in [0.1, 0.15) is 0 Å². The maximum absolute atomic E-state index is 5.65. The molecule has 0 spiro atoms. The molecule has 0 bridgehead atoms. The Morgan fingerprint density at radius 1 is 1.27 bits per heavy atom. The molecule has 0 unspecified atom stereocenters. The number of rotatable bonds is 2. The van der Waals surface area contributed by atoms with Crippen LogP contribution >= 0.6 is 0 Å². The lowest BCUT2D eigenvalue weighted by atomic mass is 10.1. The van der Waals surface area contributed by atoms with Gasteiger partial charge in [0.15, 0.2) is 0 Å². The van der Waals surface area contributed by atoms with Crippen LogP contribution in [-0.2, 0) is 6.54 Å². The third kappa shape index (κ3) is 1.73. The van der Waals surface area contributed by atoms with Crippen molar-refractivity contribution in [2.24, 2.45) is 0 Å². The highest BCUT2D eigenvalue weighted by atomic mass is 15.3. The Hall–Kier alpha value is -1.77. The first-order valence-electron chi connectivity index (χ1n) is 5.10. The fourth-order valence-electron chi connectivity index (χ4n) is 1.71. The number of aromatic nitrogens is 2. The van der Waals surface area contributed by atoms with Crippen LogP contribution < -0.4 is 5.73 Å². The average Bonchev–Trinajstić information content (AvgIpc) is 2.61. The largest absolute Gasteiger partial charge is 0.399 e. The van der Waals surface area contributed by atoms with E-state index in [4.69, 9.17) is 5.73 Å². The molecule has 2 aromatic rings. The lowest BCUT2D eigenvalue weighted by molar-refractivity contribution is 0.640. The molecule has 0 atom stereocenters. The first-order valence-corrected chi connectivity index (χ1v) is 5.10. The molecule has 1 heterocycles. The van der Waals surface area contributed by atoms with Crippen molar-refractivity contribution in [3.63, 3.8) is 0 Å². The molecule has 0 radical (unpaired) electrons. The Balaban J connectivity index is 2.45. The van der Waals surface area contributed by atoms with Gasteiger partial charge in [-0.05, 0) is 31.5 Å². The molecular weight excluding hydrogens is 186 g/mol. The van der Waals surface area contributed by atoms with E-state index in [1.807, 2.05) is 35.1 Å². The van der Waals surface area contributed by atoms with Gasteiger partial charge in [-0.3, -0.25) is 4.68 Å². The van der Waals surface area contributed by atoms with Crippen molar-refractivity contribution < 1.29 is 0 Å². The SMILES string of the molecule is CCn1ncc(-c2ccc(N)cc2)c1C. The number of nitrogens with zero attached hydrogens (tertiary/aromatic N) is 2. The third-order valence-electron chi connectivity index (χ3n) is 2.62. The molecule has 1 aromatic carbocycles. The molecule has 0 aliphatic heterocycles. The second-order valence-corrected chi connectivity index (χ2v) is 3.58. The maximum Gasteiger partial charge on any atom is 0.0571 e. The van der Waals surface area contributed by atoms with Crippen molar-refractivity contribution >= 4 is 5.69 Å². The Labute approximate surface area is 89.5 Å². The molecule has 0 aliphatic carbocycles. The van der Waals surface area contributed by atoms with Crippen LogP contribution in [0.25, 0.3) is 11.1 Å². The van der Waals surface area contributed by atoms with E-state index in [0.717, 1.165) is 12.2 Å². The van der Waals surface area contributed by atoms with Crippen LogP contribution in [0.3, 0.4) is 0 Å². The van der Waals surface area contributed by atoms with E-state index >= 15 is 0 Å². The summed E-state index contributed by atoms with van der Waals surface area (Å²) in [5.41, 5.74) is 9.99. The quantitative estimate of drug-likeness (QED) is 0.758. The second kappa shape index (κ2) is 3.77. The van der Waals surface area contributed by atoms with Gasteiger partial charge >= 0.3 is 0 Å². The molecule has 0 fully saturated rings. The Morgan fingerprint density at radius 3 is 2.47 bits per heavy atom. The topological polar surface area (TPSA) is 43.8 Å². The number of nitrogens with two attached hydrogens (primary N) is 1. The highest BCUT2D eigenvalue weighted by molar-refractivity contribution is 5.66. The lowest BCUT2D eigenvalue weighted by Gasteiger charge is -2.02. The zero-order chi connectivity index (χ0) is 10.8. The summed E-state index contributed by atoms with van der Waals surface area (Å²) >= 11 is 0. The predicted molar refractivity (Wildman–Crippen MR) is 62.5 cm³/mol. The van der Waals surface area contributed by atoms with Gasteiger partial charge < -0.3 is 5.73 Å². The number of benzene rings is 1. The van der Waals surface area contributed by atoms with E-state index < -0.39 is 0 Å². The monoisotopic (exact) mass is 201 g/mol. The van der Waals surface area contributed by atoms with E-state index in [1.54, 1.807) is 0 Å². The molecule has 15 heavy (non-hydrogen) atoms. The van der Waals surface area contributed by atoms with E-state index in [9.17, 15) is 0 Å². The number of nitrogen functional groups attached to an aromatic ring is 1. The predicted octanol–water partition coefficient (Wildman–Crippen LogP) is 2.46. The summed E-state index contributed by atoms with van der Waals surface area (Å²) in [6, 6.07) is 7.88. The van der Waals surface area contributed by atoms with E-state index in [-0.39, 0.29) is 0 Å². The highest BCUT2D eigenvalue weighted by Crippen LogP contribution is 2.23. The molecular formula is C12H15N3. The van der Waals surface area contributed by atoms with Crippen molar-refractivity contribution in [3.8, 4) is 11.1 Å². The summed E-state index contributed by atoms with van der Waals surface area (Å²) in [7, 11) is 0. The van der Waals surface area contributed by atoms with Crippen LogP contribution in [0.1, 0.15) is 12.6 Å². The van der Waals surface area contributed by atoms with Gasteiger partial charge in [-0.25, -0.2) is 0 Å². The van der Waals surface area contributed by atoms with Gasteiger partial charge in [-0.2, -0.15) is 5.10 Å². The van der Waals surface area contributed by atoms with Gasteiger partial charge in [-0.15, -0.1) is 0 Å². The molecule has 3 nitrogen and oxygen atoms in total. The minimum atomic E-state index is 0.791. The molecule has 1 aromatic heterocycles. The molecule has 2 N–H and O–H groups in total. The van der Waals surface area contributed by atoms with Crippen LogP contribution in [0.4, 0.5) is 5.69 Å². The molecule has 3 heteroatoms. The number of hydrogen-bond acceptors (Lipinski definition) is 2. The molecule has 2 rings (SSSR count). The summed E-state index contributed by atoms with van der Waals surface area (Å²) in [5.74, 6) is 0. The van der Waals surface area contributed by atoms with Crippen molar-refractivity contribution in [3.05, 3.63) is 36.2 Å². The standard InChI is InChI=1S/C12H15N3/c1-3-15-9(2)12(8-14-15)10-4-6-11(13)7-5-10/h4-8H,3,13H2,1-2H3. The Kier molecular flexibility index (Phi) is 2.46. The van der Waals surface area contributed by atoms with Crippen LogP contribution in [0.2, 0.25) is 0 Å². The number of aryl methyl sites for hydroxylation is 1. The summed E-state index contributed by atoms with van der Waals surface area (Å²) in [4.78, 5) is 0. The van der Waals surface area contributed by atoms with Gasteiger partial charge in [0.25, 0.3) is 0 Å². The Bertz CT molecular complexity index is 454. The molecule has 0 aliphatic rings. The molecule has 0 saturated carbocycles. The van der Waals surface area contributed by atoms with Gasteiger partial charge in [-0.1, -0.05) is 12.1 Å². The minimum Gasteiger partial charge on any atom is -0.399 e.